The molecule has 4 aromatic rings. The molecule has 0 saturated carbocycles. The number of benzene rings is 3. The number of carbonyl (C=O) groups excluding carboxylic acids is 1. The van der Waals surface area contributed by atoms with E-state index in [1.54, 1.807) is 13.0 Å². The van der Waals surface area contributed by atoms with Crippen LogP contribution in [0.4, 0.5) is 5.69 Å². The number of anilines is 1. The van der Waals surface area contributed by atoms with Crippen LogP contribution in [0.2, 0.25) is 0 Å². The summed E-state index contributed by atoms with van der Waals surface area (Å²) in [5.41, 5.74) is 3.83. The minimum atomic E-state index is -0.512. The quantitative estimate of drug-likeness (QED) is 0.110. The minimum absolute atomic E-state index is 0.0611. The topological polar surface area (TPSA) is 125 Å². The lowest BCUT2D eigenvalue weighted by Crippen LogP contribution is -2.27. The van der Waals surface area contributed by atoms with Crippen molar-refractivity contribution in [3.63, 3.8) is 0 Å². The highest BCUT2D eigenvalue weighted by Gasteiger charge is 2.20. The molecule has 9 nitrogen and oxygen atoms in total. The Morgan fingerprint density at radius 2 is 1.97 bits per heavy atom. The molecule has 184 valence electrons. The monoisotopic (exact) mass is 502 g/mol. The normalized spacial score (nSPS) is 12.0. The highest BCUT2D eigenvalue weighted by molar-refractivity contribution is 8.00. The van der Waals surface area contributed by atoms with Gasteiger partial charge in [-0.25, -0.2) is 5.43 Å². The van der Waals surface area contributed by atoms with E-state index in [0.29, 0.717) is 23.8 Å². The van der Waals surface area contributed by atoms with Crippen LogP contribution in [0, 0.1) is 0 Å². The van der Waals surface area contributed by atoms with Crippen molar-refractivity contribution in [1.82, 2.24) is 20.2 Å². The summed E-state index contributed by atoms with van der Waals surface area (Å²) >= 11 is 1.26. The number of phenols is 2. The number of carbonyl (C=O) groups is 1. The van der Waals surface area contributed by atoms with Crippen molar-refractivity contribution in [1.29, 1.82) is 0 Å². The summed E-state index contributed by atoms with van der Waals surface area (Å²) in [6.45, 7) is 6.53. The summed E-state index contributed by atoms with van der Waals surface area (Å²) in [6.07, 6.45) is 3.06. The number of amides is 1. The second-order valence-electron chi connectivity index (χ2n) is 7.92. The Kier molecular flexibility index (Phi) is 7.86. The van der Waals surface area contributed by atoms with Gasteiger partial charge in [0.2, 0.25) is 0 Å². The number of hydrogen-bond donors (Lipinski definition) is 4. The maximum absolute atomic E-state index is 12.5. The number of nitrogens with zero attached hydrogens (tertiary/aromatic N) is 4. The van der Waals surface area contributed by atoms with Gasteiger partial charge in [-0.2, -0.15) is 5.10 Å². The number of allylic oxidation sites excluding steroid dienone is 1. The van der Waals surface area contributed by atoms with E-state index in [2.05, 4.69) is 50.8 Å². The Morgan fingerprint density at radius 1 is 1.17 bits per heavy atom. The van der Waals surface area contributed by atoms with Crippen LogP contribution >= 0.6 is 11.8 Å². The van der Waals surface area contributed by atoms with E-state index in [1.807, 2.05) is 28.8 Å². The molecule has 0 fully saturated rings. The summed E-state index contributed by atoms with van der Waals surface area (Å²) in [5.74, 6) is 0.184. The molecule has 1 unspecified atom stereocenters. The maximum Gasteiger partial charge on any atom is 0.253 e. The van der Waals surface area contributed by atoms with Crippen molar-refractivity contribution in [2.45, 2.75) is 30.4 Å². The van der Waals surface area contributed by atoms with Crippen LogP contribution < -0.4 is 10.7 Å². The number of aromatic hydroxyl groups is 2. The van der Waals surface area contributed by atoms with Gasteiger partial charge >= 0.3 is 0 Å². The zero-order valence-corrected chi connectivity index (χ0v) is 20.4. The average Bonchev–Trinajstić information content (AvgIpc) is 3.25. The number of thioether (sulfide) groups is 1. The van der Waals surface area contributed by atoms with Crippen LogP contribution in [0.15, 0.2) is 83.6 Å². The number of phenolic OH excluding ortho intramolecular Hbond substituents is 2. The molecule has 0 aliphatic carbocycles. The van der Waals surface area contributed by atoms with Crippen LogP contribution in [0.5, 0.6) is 11.5 Å². The summed E-state index contributed by atoms with van der Waals surface area (Å²) in [4.78, 5) is 12.5. The third kappa shape index (κ3) is 5.84. The molecular formula is C26H26N6O3S. The lowest BCUT2D eigenvalue weighted by Gasteiger charge is -2.13. The van der Waals surface area contributed by atoms with Crippen molar-refractivity contribution in [3.05, 3.63) is 84.7 Å². The van der Waals surface area contributed by atoms with Gasteiger partial charge in [-0.1, -0.05) is 54.2 Å². The highest BCUT2D eigenvalue weighted by atomic mass is 32.2. The third-order valence-electron chi connectivity index (χ3n) is 5.38. The molecule has 1 amide bonds. The van der Waals surface area contributed by atoms with Gasteiger partial charge < -0.3 is 20.1 Å². The van der Waals surface area contributed by atoms with E-state index in [4.69, 9.17) is 0 Å². The minimum Gasteiger partial charge on any atom is -0.508 e. The number of fused-ring (bicyclic) bond motifs is 1. The number of hydrogen-bond acceptors (Lipinski definition) is 8. The smallest absolute Gasteiger partial charge is 0.253 e. The fourth-order valence-electron chi connectivity index (χ4n) is 3.51. The lowest BCUT2D eigenvalue weighted by molar-refractivity contribution is -0.120. The molecular weight excluding hydrogens is 476 g/mol. The van der Waals surface area contributed by atoms with Crippen molar-refractivity contribution in [3.8, 4) is 11.5 Å². The number of aromatic nitrogens is 3. The van der Waals surface area contributed by atoms with Crippen LogP contribution in [-0.4, -0.2) is 42.3 Å². The Hall–Kier alpha value is -4.31. The van der Waals surface area contributed by atoms with E-state index >= 15 is 0 Å². The Balaban J connectivity index is 1.41. The molecule has 0 aliphatic rings. The second-order valence-corrected chi connectivity index (χ2v) is 9.22. The van der Waals surface area contributed by atoms with Gasteiger partial charge in [0.1, 0.15) is 11.5 Å². The van der Waals surface area contributed by atoms with Gasteiger partial charge in [-0.3, -0.25) is 4.79 Å². The average molecular weight is 503 g/mol. The third-order valence-corrected chi connectivity index (χ3v) is 6.46. The molecule has 10 heteroatoms. The maximum atomic E-state index is 12.5. The van der Waals surface area contributed by atoms with Gasteiger partial charge in [0.25, 0.3) is 5.91 Å². The first-order valence-corrected chi connectivity index (χ1v) is 12.1. The number of hydrazone groups is 1. The fourth-order valence-corrected chi connectivity index (χ4v) is 4.38. The summed E-state index contributed by atoms with van der Waals surface area (Å²) in [7, 11) is 0. The predicted octanol–water partition coefficient (Wildman–Crippen LogP) is 4.27. The Bertz CT molecular complexity index is 1410. The zero-order valence-electron chi connectivity index (χ0n) is 19.6. The van der Waals surface area contributed by atoms with E-state index in [-0.39, 0.29) is 17.4 Å². The standard InChI is InChI=1S/C26H26N6O3S/c1-3-13-32-24(16-27-22-10-6-8-18-7-4-5-9-21(18)22)29-31-26(32)36-17(2)25(35)30-28-15-19-11-12-20(33)14-23(19)34/h3-12,14-15,17,27,33-34H,1,13,16H2,2H3,(H,30,35). The molecule has 0 bridgehead atoms. The van der Waals surface area contributed by atoms with Gasteiger partial charge in [-0.15, -0.1) is 16.8 Å². The highest BCUT2D eigenvalue weighted by Crippen LogP contribution is 2.26. The zero-order chi connectivity index (χ0) is 25.5. The van der Waals surface area contributed by atoms with Crippen molar-refractivity contribution in [2.75, 3.05) is 5.32 Å². The summed E-state index contributed by atoms with van der Waals surface area (Å²) in [5, 5.41) is 37.5. The molecule has 1 heterocycles. The first-order chi connectivity index (χ1) is 17.5. The first-order valence-electron chi connectivity index (χ1n) is 11.2. The molecule has 0 radical (unpaired) electrons. The molecule has 4 rings (SSSR count). The molecule has 1 aromatic heterocycles. The van der Waals surface area contributed by atoms with Crippen LogP contribution in [0.3, 0.4) is 0 Å². The molecule has 4 N–H and O–H groups in total. The van der Waals surface area contributed by atoms with Gasteiger partial charge in [0, 0.05) is 29.2 Å². The van der Waals surface area contributed by atoms with E-state index < -0.39 is 5.25 Å². The summed E-state index contributed by atoms with van der Waals surface area (Å²) < 4.78 is 1.91. The van der Waals surface area contributed by atoms with Crippen molar-refractivity contribution < 1.29 is 15.0 Å². The van der Waals surface area contributed by atoms with Crippen molar-refractivity contribution in [2.24, 2.45) is 5.10 Å². The molecule has 1 atom stereocenters. The second kappa shape index (κ2) is 11.4. The number of rotatable bonds is 10. The van der Waals surface area contributed by atoms with Gasteiger partial charge in [-0.05, 0) is 30.5 Å². The Labute approximate surface area is 212 Å². The SMILES string of the molecule is C=CCn1c(CNc2cccc3ccccc23)nnc1SC(C)C(=O)NN=Cc1ccc(O)cc1O. The van der Waals surface area contributed by atoms with Crippen molar-refractivity contribution >= 4 is 40.3 Å². The van der Waals surface area contributed by atoms with E-state index in [9.17, 15) is 15.0 Å². The van der Waals surface area contributed by atoms with Crippen LogP contribution in [-0.2, 0) is 17.9 Å². The first kappa shape index (κ1) is 24.8. The van der Waals surface area contributed by atoms with E-state index in [0.717, 1.165) is 22.3 Å². The molecule has 0 spiro atoms. The Morgan fingerprint density at radius 3 is 2.78 bits per heavy atom. The van der Waals surface area contributed by atoms with Crippen LogP contribution in [0.25, 0.3) is 10.8 Å². The van der Waals surface area contributed by atoms with Crippen LogP contribution in [0.1, 0.15) is 18.3 Å². The predicted molar refractivity (Wildman–Crippen MR) is 142 cm³/mol. The molecule has 0 saturated heterocycles. The van der Waals surface area contributed by atoms with Gasteiger partial charge in [0.15, 0.2) is 11.0 Å². The molecule has 36 heavy (non-hydrogen) atoms. The molecule has 0 aliphatic heterocycles. The summed E-state index contributed by atoms with van der Waals surface area (Å²) in [6, 6.07) is 18.4. The van der Waals surface area contributed by atoms with Gasteiger partial charge in [0.05, 0.1) is 18.0 Å². The van der Waals surface area contributed by atoms with E-state index in [1.165, 1.54) is 36.2 Å². The fraction of sp³-hybridized carbons (Fsp3) is 0.154. The molecule has 3 aromatic carbocycles. The number of nitrogens with one attached hydrogen (secondary N) is 2. The largest absolute Gasteiger partial charge is 0.508 e. The lowest BCUT2D eigenvalue weighted by atomic mass is 10.1.